The Balaban J connectivity index is 1.86. The number of thiazole rings is 1. The van der Waals surface area contributed by atoms with Gasteiger partial charge in [-0.25, -0.2) is 15.0 Å². The smallest absolute Gasteiger partial charge is 0.209 e. The second kappa shape index (κ2) is 5.53. The van der Waals surface area contributed by atoms with Gasteiger partial charge >= 0.3 is 0 Å². The molecule has 4 aromatic heterocycles. The Morgan fingerprint density at radius 1 is 1.15 bits per heavy atom. The molecule has 5 aromatic rings. The largest absolute Gasteiger partial charge is 0.345 e. The summed E-state index contributed by atoms with van der Waals surface area (Å²) in [7, 11) is 1.74. The third kappa shape index (κ3) is 2.29. The fourth-order valence-electron chi connectivity index (χ4n) is 2.82. The summed E-state index contributed by atoms with van der Waals surface area (Å²) in [6.07, 6.45) is 3.19. The highest BCUT2D eigenvalue weighted by molar-refractivity contribution is 7.16. The maximum Gasteiger partial charge on any atom is 0.209 e. The Morgan fingerprint density at radius 2 is 2.08 bits per heavy atom. The van der Waals surface area contributed by atoms with Crippen LogP contribution in [0.1, 0.15) is 0 Å². The van der Waals surface area contributed by atoms with Crippen LogP contribution in [0.15, 0.2) is 47.0 Å². The second-order valence-corrected chi connectivity index (χ2v) is 6.60. The van der Waals surface area contributed by atoms with Gasteiger partial charge in [0.15, 0.2) is 11.2 Å². The van der Waals surface area contributed by atoms with Crippen LogP contribution in [0.25, 0.3) is 44.0 Å². The van der Waals surface area contributed by atoms with E-state index in [1.807, 2.05) is 18.2 Å². The molecular weight excluding hydrogens is 350 g/mol. The molecule has 0 saturated heterocycles. The number of nitrogens with zero attached hydrogens (tertiary/aromatic N) is 6. The molecular formula is C17H11N7OS. The standard InChI is InChI=1S/C17H11N7OS/c1-24-20-7-11(23-24)15-14(9-2-3-10-13(6-9)26-8-19-10)21-16-12(25)4-5-18-17(16)22-15/h2-8H,1H3,(H,18,22,25). The fourth-order valence-corrected chi connectivity index (χ4v) is 3.54. The predicted molar refractivity (Wildman–Crippen MR) is 98.8 cm³/mol. The van der Waals surface area contributed by atoms with Crippen LogP contribution in [0.4, 0.5) is 0 Å². The number of aryl methyl sites for hydroxylation is 1. The highest BCUT2D eigenvalue weighted by Gasteiger charge is 2.17. The van der Waals surface area contributed by atoms with Crippen LogP contribution in [0, 0.1) is 0 Å². The van der Waals surface area contributed by atoms with Crippen LogP contribution in [0.5, 0.6) is 0 Å². The molecule has 0 saturated carbocycles. The predicted octanol–water partition coefficient (Wildman–Crippen LogP) is 2.39. The first-order chi connectivity index (χ1) is 12.7. The summed E-state index contributed by atoms with van der Waals surface area (Å²) in [5, 5.41) is 8.47. The van der Waals surface area contributed by atoms with Crippen molar-refractivity contribution >= 4 is 32.7 Å². The summed E-state index contributed by atoms with van der Waals surface area (Å²) < 4.78 is 1.04. The molecule has 126 valence electrons. The van der Waals surface area contributed by atoms with E-state index < -0.39 is 0 Å². The Hall–Kier alpha value is -3.46. The number of benzene rings is 1. The molecule has 0 fully saturated rings. The van der Waals surface area contributed by atoms with Gasteiger partial charge in [-0.1, -0.05) is 6.07 Å². The quantitative estimate of drug-likeness (QED) is 0.518. The van der Waals surface area contributed by atoms with Crippen molar-refractivity contribution in [2.45, 2.75) is 0 Å². The maximum absolute atomic E-state index is 12.2. The van der Waals surface area contributed by atoms with E-state index in [0.29, 0.717) is 28.2 Å². The molecule has 0 bridgehead atoms. The molecule has 0 amide bonds. The zero-order chi connectivity index (χ0) is 17.7. The van der Waals surface area contributed by atoms with Crippen LogP contribution in [-0.4, -0.2) is 34.9 Å². The van der Waals surface area contributed by atoms with Gasteiger partial charge in [-0.05, 0) is 12.1 Å². The van der Waals surface area contributed by atoms with Gasteiger partial charge < -0.3 is 4.98 Å². The van der Waals surface area contributed by atoms with Crippen molar-refractivity contribution in [3.63, 3.8) is 0 Å². The topological polar surface area (TPSA) is 102 Å². The fraction of sp³-hybridized carbons (Fsp3) is 0.0588. The molecule has 0 atom stereocenters. The molecule has 4 heterocycles. The second-order valence-electron chi connectivity index (χ2n) is 5.71. The first kappa shape index (κ1) is 14.8. The first-order valence-electron chi connectivity index (χ1n) is 7.79. The van der Waals surface area contributed by atoms with Gasteiger partial charge in [0.05, 0.1) is 27.6 Å². The summed E-state index contributed by atoms with van der Waals surface area (Å²) in [6.45, 7) is 0. The average molecular weight is 361 g/mol. The van der Waals surface area contributed by atoms with Crippen LogP contribution in [-0.2, 0) is 7.05 Å². The number of aromatic nitrogens is 7. The Bertz CT molecular complexity index is 1330. The van der Waals surface area contributed by atoms with E-state index in [9.17, 15) is 4.79 Å². The molecule has 0 aliphatic carbocycles. The molecule has 0 aliphatic heterocycles. The maximum atomic E-state index is 12.2. The van der Waals surface area contributed by atoms with Crippen LogP contribution < -0.4 is 5.43 Å². The van der Waals surface area contributed by atoms with Crippen molar-refractivity contribution < 1.29 is 0 Å². The van der Waals surface area contributed by atoms with Gasteiger partial charge in [-0.15, -0.1) is 11.3 Å². The van der Waals surface area contributed by atoms with E-state index in [-0.39, 0.29) is 5.43 Å². The first-order valence-corrected chi connectivity index (χ1v) is 8.67. The number of pyridine rings is 1. The van der Waals surface area contributed by atoms with Gasteiger partial charge in [0.25, 0.3) is 0 Å². The lowest BCUT2D eigenvalue weighted by Crippen LogP contribution is -2.07. The molecule has 0 unspecified atom stereocenters. The zero-order valence-corrected chi connectivity index (χ0v) is 14.4. The lowest BCUT2D eigenvalue weighted by atomic mass is 10.1. The minimum absolute atomic E-state index is 0.183. The highest BCUT2D eigenvalue weighted by Crippen LogP contribution is 2.31. The normalized spacial score (nSPS) is 11.4. The van der Waals surface area contributed by atoms with E-state index >= 15 is 0 Å². The Morgan fingerprint density at radius 3 is 2.92 bits per heavy atom. The average Bonchev–Trinajstić information content (AvgIpc) is 3.29. The minimum Gasteiger partial charge on any atom is -0.345 e. The van der Waals surface area contributed by atoms with Gasteiger partial charge in [0.1, 0.15) is 11.4 Å². The van der Waals surface area contributed by atoms with Gasteiger partial charge in [-0.2, -0.15) is 15.0 Å². The van der Waals surface area contributed by atoms with E-state index in [0.717, 1.165) is 15.8 Å². The monoisotopic (exact) mass is 361 g/mol. The van der Waals surface area contributed by atoms with Crippen molar-refractivity contribution in [3.05, 3.63) is 52.4 Å². The molecule has 1 N–H and O–H groups in total. The number of aromatic amines is 1. The SMILES string of the molecule is Cn1ncc(-c2nc3[nH]ccc(=O)c3nc2-c2ccc3ncsc3c2)n1. The lowest BCUT2D eigenvalue weighted by molar-refractivity contribution is 0.655. The zero-order valence-electron chi connectivity index (χ0n) is 13.5. The molecule has 9 heteroatoms. The molecule has 5 rings (SSSR count). The number of fused-ring (bicyclic) bond motifs is 2. The number of rotatable bonds is 2. The highest BCUT2D eigenvalue weighted by atomic mass is 32.1. The van der Waals surface area contributed by atoms with Crippen molar-refractivity contribution in [2.75, 3.05) is 0 Å². The van der Waals surface area contributed by atoms with Gasteiger partial charge in [0.2, 0.25) is 5.43 Å². The van der Waals surface area contributed by atoms with Crippen molar-refractivity contribution in [3.8, 4) is 22.6 Å². The van der Waals surface area contributed by atoms with Gasteiger partial charge in [0, 0.05) is 24.9 Å². The molecule has 8 nitrogen and oxygen atoms in total. The number of hydrogen-bond acceptors (Lipinski definition) is 7. The van der Waals surface area contributed by atoms with Crippen LogP contribution >= 0.6 is 11.3 Å². The van der Waals surface area contributed by atoms with E-state index in [1.165, 1.54) is 10.9 Å². The Kier molecular flexibility index (Phi) is 3.16. The summed E-state index contributed by atoms with van der Waals surface area (Å²) in [5.74, 6) is 0. The van der Waals surface area contributed by atoms with E-state index in [4.69, 9.17) is 0 Å². The minimum atomic E-state index is -0.183. The van der Waals surface area contributed by atoms with E-state index in [1.54, 1.807) is 36.3 Å². The third-order valence-corrected chi connectivity index (χ3v) is 4.82. The number of hydrogen-bond donors (Lipinski definition) is 1. The van der Waals surface area contributed by atoms with E-state index in [2.05, 4.69) is 30.1 Å². The summed E-state index contributed by atoms with van der Waals surface area (Å²) >= 11 is 1.55. The number of nitrogens with one attached hydrogen (secondary N) is 1. The summed E-state index contributed by atoms with van der Waals surface area (Å²) in [6, 6.07) is 7.30. The molecule has 1 aromatic carbocycles. The molecule has 0 spiro atoms. The van der Waals surface area contributed by atoms with Crippen molar-refractivity contribution in [1.29, 1.82) is 0 Å². The molecule has 26 heavy (non-hydrogen) atoms. The van der Waals surface area contributed by atoms with Gasteiger partial charge in [-0.3, -0.25) is 4.79 Å². The number of H-pyrrole nitrogens is 1. The summed E-state index contributed by atoms with van der Waals surface area (Å²) in [4.78, 5) is 30.2. The molecule has 0 aliphatic rings. The lowest BCUT2D eigenvalue weighted by Gasteiger charge is -2.08. The van der Waals surface area contributed by atoms with Crippen molar-refractivity contribution in [1.82, 2.24) is 34.9 Å². The molecule has 0 radical (unpaired) electrons. The summed E-state index contributed by atoms with van der Waals surface area (Å²) in [5.41, 5.74) is 5.84. The third-order valence-electron chi connectivity index (χ3n) is 4.03. The van der Waals surface area contributed by atoms with Crippen molar-refractivity contribution in [2.24, 2.45) is 7.05 Å². The van der Waals surface area contributed by atoms with Crippen LogP contribution in [0.3, 0.4) is 0 Å². The van der Waals surface area contributed by atoms with Crippen LogP contribution in [0.2, 0.25) is 0 Å². The Labute approximate surface area is 150 Å².